The van der Waals surface area contributed by atoms with E-state index in [4.69, 9.17) is 17.3 Å². The molecule has 1 aromatic carbocycles. The number of carbonyl (C=O) groups is 1. The second-order valence-electron chi connectivity index (χ2n) is 6.04. The molecule has 1 saturated heterocycles. The van der Waals surface area contributed by atoms with E-state index in [1.54, 1.807) is 12.3 Å². The molecule has 1 aromatic heterocycles. The van der Waals surface area contributed by atoms with Gasteiger partial charge in [-0.25, -0.2) is 0 Å². The average molecular weight is 318 g/mol. The SMILES string of the molecule is C[C@H](N)[C@H]1CCCN(C(=O)c2cc(Cl)cc3cccnc23)C1. The maximum Gasteiger partial charge on any atom is 0.256 e. The molecule has 22 heavy (non-hydrogen) atoms. The predicted octanol–water partition coefficient (Wildman–Crippen LogP) is 3.09. The number of hydrogen-bond acceptors (Lipinski definition) is 3. The molecule has 2 atom stereocenters. The van der Waals surface area contributed by atoms with Gasteiger partial charge in [-0.2, -0.15) is 0 Å². The molecule has 1 fully saturated rings. The van der Waals surface area contributed by atoms with Gasteiger partial charge in [0.15, 0.2) is 0 Å². The van der Waals surface area contributed by atoms with E-state index in [1.807, 2.05) is 30.0 Å². The van der Waals surface area contributed by atoms with E-state index < -0.39 is 0 Å². The van der Waals surface area contributed by atoms with E-state index in [0.29, 0.717) is 28.6 Å². The van der Waals surface area contributed by atoms with Crippen LogP contribution in [0.2, 0.25) is 5.02 Å². The highest BCUT2D eigenvalue weighted by Gasteiger charge is 2.27. The van der Waals surface area contributed by atoms with Gasteiger partial charge in [0.1, 0.15) is 0 Å². The first-order valence-electron chi connectivity index (χ1n) is 7.65. The summed E-state index contributed by atoms with van der Waals surface area (Å²) in [6.07, 6.45) is 3.77. The molecule has 2 aromatic rings. The summed E-state index contributed by atoms with van der Waals surface area (Å²) in [4.78, 5) is 19.2. The van der Waals surface area contributed by atoms with Crippen molar-refractivity contribution in [3.63, 3.8) is 0 Å². The van der Waals surface area contributed by atoms with E-state index in [2.05, 4.69) is 4.98 Å². The van der Waals surface area contributed by atoms with Crippen LogP contribution in [0.5, 0.6) is 0 Å². The highest BCUT2D eigenvalue weighted by atomic mass is 35.5. The zero-order valence-corrected chi connectivity index (χ0v) is 13.4. The number of amides is 1. The molecule has 1 aliphatic rings. The molecule has 1 amide bonds. The van der Waals surface area contributed by atoms with Gasteiger partial charge in [-0.15, -0.1) is 0 Å². The first-order chi connectivity index (χ1) is 10.6. The lowest BCUT2D eigenvalue weighted by Crippen LogP contribution is -2.45. The molecule has 0 spiro atoms. The van der Waals surface area contributed by atoms with Gasteiger partial charge in [-0.3, -0.25) is 9.78 Å². The number of carbonyl (C=O) groups excluding carboxylic acids is 1. The predicted molar refractivity (Wildman–Crippen MR) is 89.0 cm³/mol. The quantitative estimate of drug-likeness (QED) is 0.926. The molecular formula is C17H20ClN3O. The van der Waals surface area contributed by atoms with Crippen molar-refractivity contribution in [1.82, 2.24) is 9.88 Å². The third-order valence-electron chi connectivity index (χ3n) is 4.39. The molecule has 1 aliphatic heterocycles. The fourth-order valence-electron chi connectivity index (χ4n) is 3.11. The Kier molecular flexibility index (Phi) is 4.32. The summed E-state index contributed by atoms with van der Waals surface area (Å²) in [5.74, 6) is 0.354. The zero-order chi connectivity index (χ0) is 15.7. The fraction of sp³-hybridized carbons (Fsp3) is 0.412. The molecule has 116 valence electrons. The Labute approximate surface area is 135 Å². The van der Waals surface area contributed by atoms with Crippen LogP contribution in [0.25, 0.3) is 10.9 Å². The molecule has 0 unspecified atom stereocenters. The zero-order valence-electron chi connectivity index (χ0n) is 12.6. The summed E-state index contributed by atoms with van der Waals surface area (Å²) < 4.78 is 0. The minimum absolute atomic E-state index is 0.00319. The Hall–Kier alpha value is -1.65. The van der Waals surface area contributed by atoms with E-state index in [1.165, 1.54) is 0 Å². The summed E-state index contributed by atoms with van der Waals surface area (Å²) in [6, 6.07) is 7.42. The molecule has 0 saturated carbocycles. The van der Waals surface area contributed by atoms with Gasteiger partial charge in [-0.1, -0.05) is 17.7 Å². The minimum Gasteiger partial charge on any atom is -0.338 e. The summed E-state index contributed by atoms with van der Waals surface area (Å²) in [7, 11) is 0. The van der Waals surface area contributed by atoms with E-state index in [9.17, 15) is 4.79 Å². The maximum atomic E-state index is 12.9. The smallest absolute Gasteiger partial charge is 0.256 e. The van der Waals surface area contributed by atoms with Gasteiger partial charge < -0.3 is 10.6 Å². The van der Waals surface area contributed by atoms with Gasteiger partial charge in [0, 0.05) is 35.7 Å². The van der Waals surface area contributed by atoms with Crippen LogP contribution >= 0.6 is 11.6 Å². The van der Waals surface area contributed by atoms with E-state index in [0.717, 1.165) is 24.8 Å². The maximum absolute atomic E-state index is 12.9. The largest absolute Gasteiger partial charge is 0.338 e. The molecule has 0 bridgehead atoms. The second kappa shape index (κ2) is 6.23. The third-order valence-corrected chi connectivity index (χ3v) is 4.61. The fourth-order valence-corrected chi connectivity index (χ4v) is 3.34. The highest BCUT2D eigenvalue weighted by molar-refractivity contribution is 6.32. The number of benzene rings is 1. The standard InChI is InChI=1S/C17H20ClN3O/c1-11(19)13-5-3-7-21(10-13)17(22)15-9-14(18)8-12-4-2-6-20-16(12)15/h2,4,6,8-9,11,13H,3,5,7,10,19H2,1H3/t11-,13-/m0/s1. The summed E-state index contributed by atoms with van der Waals surface area (Å²) in [5.41, 5.74) is 7.30. The lowest BCUT2D eigenvalue weighted by atomic mass is 9.91. The number of fused-ring (bicyclic) bond motifs is 1. The molecule has 4 nitrogen and oxygen atoms in total. The first kappa shape index (κ1) is 15.3. The van der Waals surface area contributed by atoms with Crippen LogP contribution < -0.4 is 5.73 Å². The number of aromatic nitrogens is 1. The minimum atomic E-state index is -0.00319. The van der Waals surface area contributed by atoms with Crippen LogP contribution in [-0.4, -0.2) is 34.9 Å². The number of nitrogens with zero attached hydrogens (tertiary/aromatic N) is 2. The van der Waals surface area contributed by atoms with Crippen molar-refractivity contribution in [1.29, 1.82) is 0 Å². The Morgan fingerprint density at radius 3 is 3.09 bits per heavy atom. The van der Waals surface area contributed by atoms with Crippen LogP contribution in [0.1, 0.15) is 30.1 Å². The number of halogens is 1. The number of pyridine rings is 1. The Morgan fingerprint density at radius 1 is 1.50 bits per heavy atom. The van der Waals surface area contributed by atoms with Crippen molar-refractivity contribution in [3.05, 3.63) is 41.0 Å². The van der Waals surface area contributed by atoms with Crippen molar-refractivity contribution in [2.24, 2.45) is 11.7 Å². The average Bonchev–Trinajstić information content (AvgIpc) is 2.53. The molecule has 5 heteroatoms. The molecule has 2 heterocycles. The van der Waals surface area contributed by atoms with E-state index in [-0.39, 0.29) is 11.9 Å². The Balaban J connectivity index is 1.95. The lowest BCUT2D eigenvalue weighted by molar-refractivity contribution is 0.0663. The highest BCUT2D eigenvalue weighted by Crippen LogP contribution is 2.26. The number of rotatable bonds is 2. The first-order valence-corrected chi connectivity index (χ1v) is 8.03. The monoisotopic (exact) mass is 317 g/mol. The van der Waals surface area contributed by atoms with Gasteiger partial charge in [-0.05, 0) is 43.9 Å². The second-order valence-corrected chi connectivity index (χ2v) is 6.48. The van der Waals surface area contributed by atoms with Crippen molar-refractivity contribution in [2.45, 2.75) is 25.8 Å². The number of piperidine rings is 1. The van der Waals surface area contributed by atoms with Gasteiger partial charge >= 0.3 is 0 Å². The van der Waals surface area contributed by atoms with Crippen LogP contribution in [0.15, 0.2) is 30.5 Å². The van der Waals surface area contributed by atoms with Gasteiger partial charge in [0.25, 0.3) is 5.91 Å². The van der Waals surface area contributed by atoms with Crippen LogP contribution in [0.3, 0.4) is 0 Å². The molecule has 0 aliphatic carbocycles. The van der Waals surface area contributed by atoms with Crippen molar-refractivity contribution in [2.75, 3.05) is 13.1 Å². The van der Waals surface area contributed by atoms with Crippen molar-refractivity contribution in [3.8, 4) is 0 Å². The lowest BCUT2D eigenvalue weighted by Gasteiger charge is -2.34. The number of hydrogen-bond donors (Lipinski definition) is 1. The van der Waals surface area contributed by atoms with Crippen LogP contribution in [0, 0.1) is 5.92 Å². The van der Waals surface area contributed by atoms with Crippen LogP contribution in [0.4, 0.5) is 0 Å². The normalized spacial score (nSPS) is 20.1. The Bertz CT molecular complexity index is 701. The Morgan fingerprint density at radius 2 is 2.32 bits per heavy atom. The van der Waals surface area contributed by atoms with Crippen LogP contribution in [-0.2, 0) is 0 Å². The summed E-state index contributed by atoms with van der Waals surface area (Å²) in [5, 5.41) is 1.45. The van der Waals surface area contributed by atoms with Crippen molar-refractivity contribution < 1.29 is 4.79 Å². The van der Waals surface area contributed by atoms with Crippen molar-refractivity contribution >= 4 is 28.4 Å². The van der Waals surface area contributed by atoms with E-state index >= 15 is 0 Å². The third kappa shape index (κ3) is 2.94. The number of likely N-dealkylation sites (tertiary alicyclic amines) is 1. The molecule has 2 N–H and O–H groups in total. The topological polar surface area (TPSA) is 59.2 Å². The van der Waals surface area contributed by atoms with Gasteiger partial charge in [0.05, 0.1) is 11.1 Å². The summed E-state index contributed by atoms with van der Waals surface area (Å²) in [6.45, 7) is 3.48. The van der Waals surface area contributed by atoms with Gasteiger partial charge in [0.2, 0.25) is 0 Å². The summed E-state index contributed by atoms with van der Waals surface area (Å²) >= 11 is 6.17. The number of nitrogens with two attached hydrogens (primary N) is 1. The molecule has 0 radical (unpaired) electrons. The molecule has 3 rings (SSSR count). The molecular weight excluding hydrogens is 298 g/mol.